The van der Waals surface area contributed by atoms with Crippen LogP contribution in [0.15, 0.2) is 50.9 Å². The van der Waals surface area contributed by atoms with Gasteiger partial charge < -0.3 is 0 Å². The van der Waals surface area contributed by atoms with Gasteiger partial charge in [0.15, 0.2) is 0 Å². The van der Waals surface area contributed by atoms with E-state index >= 15 is 0 Å². The Morgan fingerprint density at radius 2 is 1.71 bits per heavy atom. The van der Waals surface area contributed by atoms with Crippen molar-refractivity contribution in [3.63, 3.8) is 0 Å². The third kappa shape index (κ3) is 4.05. The standard InChI is InChI=1S/C21H21Cl2N3O4S/c1-3-25-19(27)14-11-13(31(29,30)24-21(2)9-10-21)7-8-18(14)26(20(25)28)12-15-16(22)5-4-6-17(15)23/h4-8,11,24H,3,9-10,12H2,1-2H3. The molecule has 2 aromatic carbocycles. The summed E-state index contributed by atoms with van der Waals surface area (Å²) in [6.07, 6.45) is 1.53. The molecule has 1 fully saturated rings. The highest BCUT2D eigenvalue weighted by Gasteiger charge is 2.41. The summed E-state index contributed by atoms with van der Waals surface area (Å²) in [5.41, 5.74) is -0.659. The van der Waals surface area contributed by atoms with Gasteiger partial charge in [-0.05, 0) is 57.0 Å². The molecule has 1 heterocycles. The van der Waals surface area contributed by atoms with Gasteiger partial charge in [0.2, 0.25) is 10.0 Å². The zero-order chi connectivity index (χ0) is 22.6. The third-order valence-corrected chi connectivity index (χ3v) is 7.93. The molecule has 164 valence electrons. The Morgan fingerprint density at radius 1 is 1.06 bits per heavy atom. The first kappa shape index (κ1) is 22.1. The Hall–Kier alpha value is -2.13. The number of halogens is 2. The van der Waals surface area contributed by atoms with Crippen molar-refractivity contribution >= 4 is 44.1 Å². The largest absolute Gasteiger partial charge is 0.331 e. The highest BCUT2D eigenvalue weighted by Crippen LogP contribution is 2.36. The van der Waals surface area contributed by atoms with Gasteiger partial charge in [-0.15, -0.1) is 0 Å². The molecule has 0 saturated heterocycles. The topological polar surface area (TPSA) is 90.2 Å². The van der Waals surface area contributed by atoms with E-state index in [1.54, 1.807) is 25.1 Å². The summed E-state index contributed by atoms with van der Waals surface area (Å²) in [6.45, 7) is 3.69. The van der Waals surface area contributed by atoms with E-state index < -0.39 is 26.8 Å². The van der Waals surface area contributed by atoms with Gasteiger partial charge in [0.05, 0.1) is 22.3 Å². The van der Waals surface area contributed by atoms with Crippen molar-refractivity contribution in [3.05, 3.63) is 72.8 Å². The van der Waals surface area contributed by atoms with Gasteiger partial charge in [-0.2, -0.15) is 0 Å². The molecule has 0 radical (unpaired) electrons. The van der Waals surface area contributed by atoms with Crippen molar-refractivity contribution in [2.24, 2.45) is 0 Å². The maximum atomic E-state index is 13.0. The molecule has 7 nitrogen and oxygen atoms in total. The van der Waals surface area contributed by atoms with Crippen molar-refractivity contribution in [2.75, 3.05) is 0 Å². The zero-order valence-corrected chi connectivity index (χ0v) is 19.3. The van der Waals surface area contributed by atoms with Crippen molar-refractivity contribution < 1.29 is 8.42 Å². The predicted octanol–water partition coefficient (Wildman–Crippen LogP) is 3.37. The first-order valence-electron chi connectivity index (χ1n) is 9.80. The molecule has 0 atom stereocenters. The van der Waals surface area contributed by atoms with Crippen LogP contribution in [0.25, 0.3) is 10.9 Å². The second-order valence-corrected chi connectivity index (χ2v) is 10.5. The molecular weight excluding hydrogens is 461 g/mol. The van der Waals surface area contributed by atoms with Crippen molar-refractivity contribution in [3.8, 4) is 0 Å². The first-order valence-corrected chi connectivity index (χ1v) is 12.0. The molecule has 1 aliphatic carbocycles. The molecular formula is C21H21Cl2N3O4S. The molecule has 1 N–H and O–H groups in total. The smallest absolute Gasteiger partial charge is 0.289 e. The molecule has 0 unspecified atom stereocenters. The average Bonchev–Trinajstić information content (AvgIpc) is 3.43. The van der Waals surface area contributed by atoms with Gasteiger partial charge in [0.25, 0.3) is 5.56 Å². The Balaban J connectivity index is 1.93. The van der Waals surface area contributed by atoms with Crippen LogP contribution < -0.4 is 16.0 Å². The predicted molar refractivity (Wildman–Crippen MR) is 122 cm³/mol. The SMILES string of the molecule is CCn1c(=O)c2cc(S(=O)(=O)NC3(C)CC3)ccc2n(Cc2c(Cl)cccc2Cl)c1=O. The van der Waals surface area contributed by atoms with E-state index in [0.717, 1.165) is 17.4 Å². The average molecular weight is 482 g/mol. The number of nitrogens with one attached hydrogen (secondary N) is 1. The van der Waals surface area contributed by atoms with Crippen LogP contribution in [-0.4, -0.2) is 23.1 Å². The van der Waals surface area contributed by atoms with Crippen molar-refractivity contribution in [1.29, 1.82) is 0 Å². The van der Waals surface area contributed by atoms with Crippen molar-refractivity contribution in [2.45, 2.75) is 50.2 Å². The Labute approximate surface area is 189 Å². The van der Waals surface area contributed by atoms with Crippen LogP contribution in [0, 0.1) is 0 Å². The van der Waals surface area contributed by atoms with Crippen LogP contribution in [-0.2, 0) is 23.1 Å². The second-order valence-electron chi connectivity index (χ2n) is 7.96. The normalized spacial score (nSPS) is 15.4. The van der Waals surface area contributed by atoms with Crippen LogP contribution in [0.5, 0.6) is 0 Å². The fourth-order valence-corrected chi connectivity index (χ4v) is 5.52. The number of rotatable bonds is 6. The number of hydrogen-bond acceptors (Lipinski definition) is 4. The second kappa shape index (κ2) is 7.78. The Morgan fingerprint density at radius 3 is 2.29 bits per heavy atom. The van der Waals surface area contributed by atoms with E-state index in [-0.39, 0.29) is 23.4 Å². The minimum atomic E-state index is -3.81. The molecule has 1 aromatic heterocycles. The lowest BCUT2D eigenvalue weighted by Crippen LogP contribution is -2.40. The molecule has 1 saturated carbocycles. The zero-order valence-electron chi connectivity index (χ0n) is 17.0. The van der Waals surface area contributed by atoms with Crippen LogP contribution in [0.1, 0.15) is 32.3 Å². The minimum absolute atomic E-state index is 0.0196. The number of fused-ring (bicyclic) bond motifs is 1. The molecule has 4 rings (SSSR count). The highest BCUT2D eigenvalue weighted by atomic mass is 35.5. The van der Waals surface area contributed by atoms with E-state index in [4.69, 9.17) is 23.2 Å². The maximum Gasteiger partial charge on any atom is 0.331 e. The van der Waals surface area contributed by atoms with Crippen LogP contribution in [0.3, 0.4) is 0 Å². The lowest BCUT2D eigenvalue weighted by atomic mass is 10.2. The summed E-state index contributed by atoms with van der Waals surface area (Å²) in [7, 11) is -3.81. The quantitative estimate of drug-likeness (QED) is 0.584. The van der Waals surface area contributed by atoms with Gasteiger partial charge >= 0.3 is 5.69 Å². The van der Waals surface area contributed by atoms with Gasteiger partial charge in [-0.25, -0.2) is 17.9 Å². The monoisotopic (exact) mass is 481 g/mol. The van der Waals surface area contributed by atoms with Crippen LogP contribution >= 0.6 is 23.2 Å². The third-order valence-electron chi connectivity index (χ3n) is 5.58. The van der Waals surface area contributed by atoms with Gasteiger partial charge in [0.1, 0.15) is 0 Å². The summed E-state index contributed by atoms with van der Waals surface area (Å²) < 4.78 is 30.7. The maximum absolute atomic E-state index is 13.0. The molecule has 0 aliphatic heterocycles. The van der Waals surface area contributed by atoms with Gasteiger partial charge in [-0.3, -0.25) is 13.9 Å². The van der Waals surface area contributed by atoms with E-state index in [9.17, 15) is 18.0 Å². The molecule has 31 heavy (non-hydrogen) atoms. The molecule has 10 heteroatoms. The summed E-state index contributed by atoms with van der Waals surface area (Å²) in [5, 5.41) is 0.916. The molecule has 0 spiro atoms. The lowest BCUT2D eigenvalue weighted by Gasteiger charge is -2.16. The summed E-state index contributed by atoms with van der Waals surface area (Å²) in [6, 6.07) is 9.23. The van der Waals surface area contributed by atoms with E-state index in [0.29, 0.717) is 21.1 Å². The molecule has 0 amide bonds. The minimum Gasteiger partial charge on any atom is -0.289 e. The van der Waals surface area contributed by atoms with Crippen LogP contribution in [0.4, 0.5) is 0 Å². The van der Waals surface area contributed by atoms with Crippen molar-refractivity contribution in [1.82, 2.24) is 13.9 Å². The first-order chi connectivity index (χ1) is 14.6. The number of hydrogen-bond donors (Lipinski definition) is 1. The lowest BCUT2D eigenvalue weighted by molar-refractivity contribution is 0.558. The fraction of sp³-hybridized carbons (Fsp3) is 0.333. The highest BCUT2D eigenvalue weighted by molar-refractivity contribution is 7.89. The van der Waals surface area contributed by atoms with E-state index in [2.05, 4.69) is 4.72 Å². The van der Waals surface area contributed by atoms with Gasteiger partial charge in [-0.1, -0.05) is 29.3 Å². The van der Waals surface area contributed by atoms with Crippen LogP contribution in [0.2, 0.25) is 10.0 Å². The summed E-state index contributed by atoms with van der Waals surface area (Å²) in [4.78, 5) is 26.0. The number of benzene rings is 2. The summed E-state index contributed by atoms with van der Waals surface area (Å²) in [5.74, 6) is 0. The summed E-state index contributed by atoms with van der Waals surface area (Å²) >= 11 is 12.6. The number of sulfonamides is 1. The Bertz CT molecular complexity index is 1400. The van der Waals surface area contributed by atoms with Gasteiger partial charge in [0, 0.05) is 27.7 Å². The number of nitrogens with zero attached hydrogens (tertiary/aromatic N) is 2. The molecule has 0 bridgehead atoms. The Kier molecular flexibility index (Phi) is 5.54. The number of aromatic nitrogens is 2. The fourth-order valence-electron chi connectivity index (χ4n) is 3.52. The van der Waals surface area contributed by atoms with E-state index in [1.807, 2.05) is 6.92 Å². The van der Waals surface area contributed by atoms with E-state index in [1.165, 1.54) is 22.8 Å². The molecule has 1 aliphatic rings. The molecule has 3 aromatic rings.